The topological polar surface area (TPSA) is 87.1 Å². The molecular formula is C37H32N6O2. The maximum Gasteiger partial charge on any atom is 0.243 e. The Bertz CT molecular complexity index is 2010. The molecule has 1 N–H and O–H groups in total. The summed E-state index contributed by atoms with van der Waals surface area (Å²) in [6.07, 6.45) is 4.22. The Morgan fingerprint density at radius 2 is 1.53 bits per heavy atom. The number of anilines is 1. The van der Waals surface area contributed by atoms with Gasteiger partial charge in [-0.15, -0.1) is 10.2 Å². The van der Waals surface area contributed by atoms with Crippen LogP contribution in [0.25, 0.3) is 28.0 Å². The maximum atomic E-state index is 14.8. The summed E-state index contributed by atoms with van der Waals surface area (Å²) in [5.41, 5.74) is 5.50. The van der Waals surface area contributed by atoms with Crippen molar-refractivity contribution in [1.29, 1.82) is 0 Å². The van der Waals surface area contributed by atoms with Gasteiger partial charge in [0.15, 0.2) is 11.6 Å². The number of fused-ring (bicyclic) bond motifs is 4. The van der Waals surface area contributed by atoms with E-state index in [-0.39, 0.29) is 24.4 Å². The molecule has 45 heavy (non-hydrogen) atoms. The van der Waals surface area contributed by atoms with Gasteiger partial charge in [0.25, 0.3) is 0 Å². The molecule has 0 radical (unpaired) electrons. The number of aromatic amines is 1. The standard InChI is InChI=1S/C37H32N6O2/c44-34(41-21-11-20-31(41)25-12-3-1-4-13-25)24-42-32-18-9-10-19-33(32)43-35(26-14-5-2-6-15-26)39-40-36(43)29(37(42)45)22-27-23-38-30-17-8-7-16-28(27)30/h1-10,12-19,23,29,31,38H,11,20-22,24H2. The summed E-state index contributed by atoms with van der Waals surface area (Å²) in [4.78, 5) is 36.0. The van der Waals surface area contributed by atoms with Crippen molar-refractivity contribution < 1.29 is 9.59 Å². The van der Waals surface area contributed by atoms with Crippen molar-refractivity contribution in [2.75, 3.05) is 18.0 Å². The third-order valence-corrected chi connectivity index (χ3v) is 9.16. The SMILES string of the molecule is O=C1C(Cc2c[nH]c3ccccc23)c2nnc(-c3ccccc3)n2-c2ccccc2N1CC(=O)N1CCCC1c1ccccc1. The first-order chi connectivity index (χ1) is 22.2. The van der Waals surface area contributed by atoms with E-state index in [9.17, 15) is 9.59 Å². The number of amides is 2. The first-order valence-electron chi connectivity index (χ1n) is 15.5. The lowest BCUT2D eigenvalue weighted by Crippen LogP contribution is -2.44. The number of carbonyl (C=O) groups is 2. The Balaban J connectivity index is 1.24. The minimum absolute atomic E-state index is 0.00219. The molecule has 1 fully saturated rings. The van der Waals surface area contributed by atoms with Gasteiger partial charge in [0.1, 0.15) is 12.5 Å². The van der Waals surface area contributed by atoms with Crippen LogP contribution in [0.4, 0.5) is 5.69 Å². The second-order valence-electron chi connectivity index (χ2n) is 11.8. The largest absolute Gasteiger partial charge is 0.361 e. The van der Waals surface area contributed by atoms with Gasteiger partial charge >= 0.3 is 0 Å². The van der Waals surface area contributed by atoms with Crippen LogP contribution in [0.1, 0.15) is 41.8 Å². The normalized spacial score (nSPS) is 17.7. The molecule has 222 valence electrons. The molecule has 0 aliphatic carbocycles. The van der Waals surface area contributed by atoms with Crippen LogP contribution in [0, 0.1) is 0 Å². The summed E-state index contributed by atoms with van der Waals surface area (Å²) in [6.45, 7) is 0.618. The molecule has 8 rings (SSSR count). The van der Waals surface area contributed by atoms with Crippen LogP contribution in [0.15, 0.2) is 115 Å². The fraction of sp³-hybridized carbons (Fsp3) is 0.189. The Hall–Kier alpha value is -5.50. The molecule has 8 nitrogen and oxygen atoms in total. The second kappa shape index (κ2) is 11.2. The first-order valence-corrected chi connectivity index (χ1v) is 15.5. The van der Waals surface area contributed by atoms with Crippen molar-refractivity contribution in [2.24, 2.45) is 0 Å². The van der Waals surface area contributed by atoms with Crippen molar-refractivity contribution in [2.45, 2.75) is 31.2 Å². The molecule has 1 saturated heterocycles. The van der Waals surface area contributed by atoms with Gasteiger partial charge in [-0.3, -0.25) is 14.2 Å². The summed E-state index contributed by atoms with van der Waals surface area (Å²) in [5, 5.41) is 10.4. The zero-order valence-electron chi connectivity index (χ0n) is 24.7. The van der Waals surface area contributed by atoms with Gasteiger partial charge < -0.3 is 14.8 Å². The number of nitrogens with zero attached hydrogens (tertiary/aromatic N) is 5. The third kappa shape index (κ3) is 4.70. The zero-order chi connectivity index (χ0) is 30.3. The summed E-state index contributed by atoms with van der Waals surface area (Å²) in [5.74, 6) is 0.331. The molecule has 2 amide bonds. The van der Waals surface area contributed by atoms with Crippen LogP contribution in [0.3, 0.4) is 0 Å². The van der Waals surface area contributed by atoms with E-state index in [1.54, 1.807) is 4.90 Å². The molecule has 4 aromatic carbocycles. The predicted octanol–water partition coefficient (Wildman–Crippen LogP) is 6.45. The highest BCUT2D eigenvalue weighted by Gasteiger charge is 2.40. The van der Waals surface area contributed by atoms with E-state index in [2.05, 4.69) is 33.4 Å². The van der Waals surface area contributed by atoms with Gasteiger partial charge in [0.05, 0.1) is 17.4 Å². The molecule has 4 heterocycles. The van der Waals surface area contributed by atoms with E-state index in [0.717, 1.165) is 46.1 Å². The number of likely N-dealkylation sites (tertiary alicyclic amines) is 1. The first kappa shape index (κ1) is 27.1. The average molecular weight is 593 g/mol. The molecule has 0 saturated carbocycles. The van der Waals surface area contributed by atoms with E-state index < -0.39 is 5.92 Å². The van der Waals surface area contributed by atoms with Crippen LogP contribution in [0.5, 0.6) is 0 Å². The minimum atomic E-state index is -0.669. The summed E-state index contributed by atoms with van der Waals surface area (Å²) in [7, 11) is 0. The Labute approximate surface area is 260 Å². The van der Waals surface area contributed by atoms with Crippen molar-refractivity contribution in [3.05, 3.63) is 132 Å². The lowest BCUT2D eigenvalue weighted by molar-refractivity contribution is -0.132. The summed E-state index contributed by atoms with van der Waals surface area (Å²) < 4.78 is 2.01. The smallest absolute Gasteiger partial charge is 0.243 e. The average Bonchev–Trinajstić information content (AvgIpc) is 3.84. The number of rotatable bonds is 6. The van der Waals surface area contributed by atoms with E-state index in [0.29, 0.717) is 30.3 Å². The lowest BCUT2D eigenvalue weighted by atomic mass is 9.96. The number of nitrogens with one attached hydrogen (secondary N) is 1. The van der Waals surface area contributed by atoms with E-state index in [1.165, 1.54) is 0 Å². The van der Waals surface area contributed by atoms with Gasteiger partial charge in [-0.2, -0.15) is 0 Å². The lowest BCUT2D eigenvalue weighted by Gasteiger charge is -2.30. The molecule has 6 aromatic rings. The van der Waals surface area contributed by atoms with Crippen molar-refractivity contribution in [3.63, 3.8) is 0 Å². The number of carbonyl (C=O) groups excluding carboxylic acids is 2. The van der Waals surface area contributed by atoms with Crippen molar-refractivity contribution >= 4 is 28.4 Å². The number of hydrogen-bond acceptors (Lipinski definition) is 4. The highest BCUT2D eigenvalue weighted by molar-refractivity contribution is 6.05. The molecule has 0 spiro atoms. The molecule has 2 aliphatic rings. The fourth-order valence-corrected chi connectivity index (χ4v) is 7.01. The summed E-state index contributed by atoms with van der Waals surface area (Å²) in [6, 6.07) is 36.0. The number of para-hydroxylation sites is 3. The maximum absolute atomic E-state index is 14.8. The van der Waals surface area contributed by atoms with Gasteiger partial charge in [0.2, 0.25) is 11.8 Å². The Morgan fingerprint density at radius 1 is 0.822 bits per heavy atom. The number of hydrogen-bond donors (Lipinski definition) is 1. The highest BCUT2D eigenvalue weighted by atomic mass is 16.2. The number of aromatic nitrogens is 4. The molecule has 2 aliphatic heterocycles. The number of H-pyrrole nitrogens is 1. The van der Waals surface area contributed by atoms with Crippen LogP contribution < -0.4 is 4.90 Å². The molecule has 2 atom stereocenters. The minimum Gasteiger partial charge on any atom is -0.361 e. The Kier molecular flexibility index (Phi) is 6.74. The van der Waals surface area contributed by atoms with Gasteiger partial charge in [-0.1, -0.05) is 91.0 Å². The van der Waals surface area contributed by atoms with Crippen molar-refractivity contribution in [1.82, 2.24) is 24.6 Å². The van der Waals surface area contributed by atoms with Crippen molar-refractivity contribution in [3.8, 4) is 17.1 Å². The van der Waals surface area contributed by atoms with Gasteiger partial charge in [-0.05, 0) is 48.6 Å². The molecule has 2 unspecified atom stereocenters. The van der Waals surface area contributed by atoms with Crippen LogP contribution >= 0.6 is 0 Å². The van der Waals surface area contributed by atoms with E-state index in [4.69, 9.17) is 0 Å². The number of benzene rings is 4. The monoisotopic (exact) mass is 592 g/mol. The van der Waals surface area contributed by atoms with E-state index in [1.807, 2.05) is 107 Å². The molecule has 0 bridgehead atoms. The Morgan fingerprint density at radius 3 is 2.36 bits per heavy atom. The van der Waals surface area contributed by atoms with E-state index >= 15 is 0 Å². The predicted molar refractivity (Wildman–Crippen MR) is 174 cm³/mol. The molecule has 2 aromatic heterocycles. The fourth-order valence-electron chi connectivity index (χ4n) is 7.01. The second-order valence-corrected chi connectivity index (χ2v) is 11.8. The zero-order valence-corrected chi connectivity index (χ0v) is 24.7. The quantitative estimate of drug-likeness (QED) is 0.241. The van der Waals surface area contributed by atoms with Crippen LogP contribution in [-0.2, 0) is 16.0 Å². The van der Waals surface area contributed by atoms with Gasteiger partial charge in [0, 0.05) is 29.2 Å². The summed E-state index contributed by atoms with van der Waals surface area (Å²) >= 11 is 0. The molecule has 8 heteroatoms. The van der Waals surface area contributed by atoms with Crippen LogP contribution in [-0.4, -0.2) is 49.6 Å². The third-order valence-electron chi connectivity index (χ3n) is 9.16. The molecular weight excluding hydrogens is 560 g/mol. The van der Waals surface area contributed by atoms with Crippen LogP contribution in [0.2, 0.25) is 0 Å². The highest BCUT2D eigenvalue weighted by Crippen LogP contribution is 2.40. The van der Waals surface area contributed by atoms with Gasteiger partial charge in [-0.25, -0.2) is 0 Å².